The molecule has 0 aromatic carbocycles. The summed E-state index contributed by atoms with van der Waals surface area (Å²) < 4.78 is 16.1. The van der Waals surface area contributed by atoms with Gasteiger partial charge in [0.1, 0.15) is 24.4 Å². The third-order valence-electron chi connectivity index (χ3n) is 5.49. The van der Waals surface area contributed by atoms with Gasteiger partial charge in [-0.1, -0.05) is 0 Å². The summed E-state index contributed by atoms with van der Waals surface area (Å²) in [6.45, 7) is 0.751. The zero-order chi connectivity index (χ0) is 20.1. The Balaban J connectivity index is 1.85. The summed E-state index contributed by atoms with van der Waals surface area (Å²) in [6, 6.07) is 0. The molecule has 0 aromatic heterocycles. The van der Waals surface area contributed by atoms with Gasteiger partial charge in [-0.15, -0.1) is 0 Å². The number of carbonyl (C=O) groups is 1. The Bertz CT molecular complexity index is 603. The maximum Gasteiger partial charge on any atom is 0.335 e. The molecule has 10 atom stereocenters. The Kier molecular flexibility index (Phi) is 5.49. The number of ether oxygens (including phenoxy) is 3. The van der Waals surface area contributed by atoms with Gasteiger partial charge in [-0.05, 0) is 6.92 Å². The van der Waals surface area contributed by atoms with Crippen LogP contribution in [0.4, 0.5) is 0 Å². The van der Waals surface area contributed by atoms with Gasteiger partial charge in [0.2, 0.25) is 6.29 Å². The second-order valence-electron chi connectivity index (χ2n) is 7.40. The van der Waals surface area contributed by atoms with E-state index in [1.165, 1.54) is 6.92 Å². The van der Waals surface area contributed by atoms with Gasteiger partial charge in [-0.25, -0.2) is 4.79 Å². The lowest BCUT2D eigenvalue weighted by Crippen LogP contribution is -2.60. The van der Waals surface area contributed by atoms with E-state index in [4.69, 9.17) is 14.2 Å². The summed E-state index contributed by atoms with van der Waals surface area (Å²) in [5, 5.41) is 69.2. The summed E-state index contributed by atoms with van der Waals surface area (Å²) in [6.07, 6.45) is -9.34. The highest BCUT2D eigenvalue weighted by Gasteiger charge is 2.59. The molecule has 7 N–H and O–H groups in total. The second-order valence-corrected chi connectivity index (χ2v) is 7.40. The molecule has 3 aliphatic rings. The number of hydrogen-bond acceptors (Lipinski definition) is 10. The summed E-state index contributed by atoms with van der Waals surface area (Å²) in [5.74, 6) is -3.30. The summed E-state index contributed by atoms with van der Waals surface area (Å²) in [7, 11) is 0. The van der Waals surface area contributed by atoms with Gasteiger partial charge < -0.3 is 50.0 Å². The first-order valence-electron chi connectivity index (χ1n) is 8.53. The lowest BCUT2D eigenvalue weighted by atomic mass is 9.81. The van der Waals surface area contributed by atoms with Crippen LogP contribution in [0.3, 0.4) is 0 Å². The van der Waals surface area contributed by atoms with Crippen LogP contribution in [0.5, 0.6) is 0 Å². The van der Waals surface area contributed by atoms with Gasteiger partial charge in [-0.3, -0.25) is 0 Å². The maximum absolute atomic E-state index is 11.4. The van der Waals surface area contributed by atoms with Crippen molar-refractivity contribution in [3.05, 3.63) is 11.8 Å². The molecule has 2 heterocycles. The highest BCUT2D eigenvalue weighted by Crippen LogP contribution is 2.49. The highest BCUT2D eigenvalue weighted by atomic mass is 16.8. The van der Waals surface area contributed by atoms with Crippen LogP contribution in [0.25, 0.3) is 0 Å². The molecule has 1 saturated carbocycles. The molecule has 2 fully saturated rings. The minimum Gasteiger partial charge on any atom is -0.478 e. The van der Waals surface area contributed by atoms with Crippen molar-refractivity contribution in [3.8, 4) is 0 Å². The molecule has 1 saturated heterocycles. The molecular weight excluding hydrogens is 368 g/mol. The van der Waals surface area contributed by atoms with Crippen LogP contribution in [-0.2, 0) is 19.0 Å². The minimum atomic E-state index is -1.69. The molecule has 0 aromatic rings. The smallest absolute Gasteiger partial charge is 0.335 e. The van der Waals surface area contributed by atoms with Crippen molar-refractivity contribution in [1.82, 2.24) is 0 Å². The SMILES string of the molecule is CC1(O)C[C@@H](O)[C@@H]2C(C(=O)O)=CO[C@@H](O[C@@H]3O[C@H](CO)[C@@H](O)[C@H](O)[C@H]3O)[C@@H]21. The Labute approximate surface area is 154 Å². The number of aliphatic hydroxyl groups excluding tert-OH is 5. The topological polar surface area (TPSA) is 186 Å². The summed E-state index contributed by atoms with van der Waals surface area (Å²) >= 11 is 0. The molecule has 2 aliphatic heterocycles. The third-order valence-corrected chi connectivity index (χ3v) is 5.49. The van der Waals surface area contributed by atoms with Gasteiger partial charge in [0, 0.05) is 12.3 Å². The number of aliphatic hydroxyl groups is 6. The Morgan fingerprint density at radius 3 is 2.48 bits per heavy atom. The van der Waals surface area contributed by atoms with E-state index in [9.17, 15) is 40.5 Å². The Hall–Kier alpha value is -1.31. The van der Waals surface area contributed by atoms with E-state index in [-0.39, 0.29) is 12.0 Å². The number of aliphatic carboxylic acids is 1. The molecular formula is C16H24O11. The molecule has 0 amide bonds. The van der Waals surface area contributed by atoms with E-state index < -0.39 is 73.1 Å². The van der Waals surface area contributed by atoms with E-state index in [1.807, 2.05) is 0 Å². The fourth-order valence-electron chi connectivity index (χ4n) is 4.10. The summed E-state index contributed by atoms with van der Waals surface area (Å²) in [4.78, 5) is 11.4. The van der Waals surface area contributed by atoms with Crippen LogP contribution in [-0.4, -0.2) is 97.0 Å². The number of carboxylic acid groups (broad SMARTS) is 1. The second kappa shape index (κ2) is 7.26. The third kappa shape index (κ3) is 3.45. The Morgan fingerprint density at radius 1 is 1.22 bits per heavy atom. The van der Waals surface area contributed by atoms with Crippen LogP contribution < -0.4 is 0 Å². The van der Waals surface area contributed by atoms with Gasteiger partial charge in [-0.2, -0.15) is 0 Å². The first-order valence-corrected chi connectivity index (χ1v) is 8.53. The van der Waals surface area contributed by atoms with Crippen molar-refractivity contribution in [3.63, 3.8) is 0 Å². The van der Waals surface area contributed by atoms with E-state index in [0.717, 1.165) is 6.26 Å². The number of fused-ring (bicyclic) bond motifs is 1. The van der Waals surface area contributed by atoms with Crippen molar-refractivity contribution in [2.24, 2.45) is 11.8 Å². The zero-order valence-corrected chi connectivity index (χ0v) is 14.5. The van der Waals surface area contributed by atoms with Gasteiger partial charge in [0.05, 0.1) is 36.1 Å². The average molecular weight is 392 g/mol. The van der Waals surface area contributed by atoms with Gasteiger partial charge >= 0.3 is 5.97 Å². The lowest BCUT2D eigenvalue weighted by molar-refractivity contribution is -0.346. The molecule has 11 nitrogen and oxygen atoms in total. The van der Waals surface area contributed by atoms with Crippen LogP contribution in [0.15, 0.2) is 11.8 Å². The van der Waals surface area contributed by atoms with Crippen molar-refractivity contribution >= 4 is 5.97 Å². The van der Waals surface area contributed by atoms with E-state index in [0.29, 0.717) is 0 Å². The molecule has 154 valence electrons. The fourth-order valence-corrected chi connectivity index (χ4v) is 4.10. The molecule has 0 radical (unpaired) electrons. The number of rotatable bonds is 4. The molecule has 0 bridgehead atoms. The monoisotopic (exact) mass is 392 g/mol. The average Bonchev–Trinajstić information content (AvgIpc) is 2.85. The fraction of sp³-hybridized carbons (Fsp3) is 0.812. The summed E-state index contributed by atoms with van der Waals surface area (Å²) in [5.41, 5.74) is -1.77. The van der Waals surface area contributed by atoms with Gasteiger partial charge in [0.15, 0.2) is 6.29 Å². The number of carboxylic acids is 1. The van der Waals surface area contributed by atoms with Crippen LogP contribution in [0.1, 0.15) is 13.3 Å². The van der Waals surface area contributed by atoms with Crippen molar-refractivity contribution in [2.45, 2.75) is 62.0 Å². The lowest BCUT2D eigenvalue weighted by Gasteiger charge is -2.44. The predicted octanol–water partition coefficient (Wildman–Crippen LogP) is -3.12. The molecule has 1 unspecified atom stereocenters. The maximum atomic E-state index is 11.4. The van der Waals surface area contributed by atoms with E-state index >= 15 is 0 Å². The number of hydrogen-bond donors (Lipinski definition) is 7. The van der Waals surface area contributed by atoms with Crippen LogP contribution in [0, 0.1) is 11.8 Å². The van der Waals surface area contributed by atoms with Crippen LogP contribution in [0.2, 0.25) is 0 Å². The van der Waals surface area contributed by atoms with Gasteiger partial charge in [0.25, 0.3) is 0 Å². The largest absolute Gasteiger partial charge is 0.478 e. The highest BCUT2D eigenvalue weighted by molar-refractivity contribution is 5.87. The first-order chi connectivity index (χ1) is 12.6. The molecule has 3 rings (SSSR count). The first kappa shape index (κ1) is 20.4. The van der Waals surface area contributed by atoms with E-state index in [1.54, 1.807) is 0 Å². The van der Waals surface area contributed by atoms with Crippen molar-refractivity contribution in [2.75, 3.05) is 6.61 Å². The van der Waals surface area contributed by atoms with Crippen molar-refractivity contribution in [1.29, 1.82) is 0 Å². The quantitative estimate of drug-likeness (QED) is 0.256. The molecule has 1 aliphatic carbocycles. The van der Waals surface area contributed by atoms with Crippen LogP contribution >= 0.6 is 0 Å². The Morgan fingerprint density at radius 2 is 1.89 bits per heavy atom. The van der Waals surface area contributed by atoms with E-state index in [2.05, 4.69) is 0 Å². The molecule has 0 spiro atoms. The predicted molar refractivity (Wildman–Crippen MR) is 83.7 cm³/mol. The molecule has 11 heteroatoms. The standard InChI is InChI=1S/C16H24O11/c1-16(24)2-6(18)8-5(13(22)23)4-25-14(9(8)16)27-15-12(21)11(20)10(19)7(3-17)26-15/h4,6-12,14-15,17-21,24H,2-3H2,1H3,(H,22,23)/t6-,7-,8+,9-,10-,11+,12-,14+,15+,16?/m1/s1. The zero-order valence-electron chi connectivity index (χ0n) is 14.5. The molecule has 27 heavy (non-hydrogen) atoms. The minimum absolute atomic E-state index is 0.120. The van der Waals surface area contributed by atoms with Crippen molar-refractivity contribution < 1.29 is 54.8 Å². The normalized spacial score (nSPS) is 49.9.